The molecule has 27 heavy (non-hydrogen) atoms. The van der Waals surface area contributed by atoms with Gasteiger partial charge in [0.1, 0.15) is 5.76 Å². The van der Waals surface area contributed by atoms with Crippen LogP contribution in [0.5, 0.6) is 0 Å². The van der Waals surface area contributed by atoms with Crippen molar-refractivity contribution in [3.8, 4) is 0 Å². The monoisotopic (exact) mass is 368 g/mol. The van der Waals surface area contributed by atoms with Gasteiger partial charge in [0.15, 0.2) is 6.61 Å². The van der Waals surface area contributed by atoms with E-state index in [4.69, 9.17) is 9.15 Å². The first-order valence-corrected chi connectivity index (χ1v) is 9.03. The predicted octanol–water partition coefficient (Wildman–Crippen LogP) is 3.86. The lowest BCUT2D eigenvalue weighted by molar-refractivity contribution is -0.139. The molecule has 0 N–H and O–H groups in total. The van der Waals surface area contributed by atoms with Crippen molar-refractivity contribution in [2.45, 2.75) is 45.6 Å². The number of oxazole rings is 1. The molecule has 1 aliphatic heterocycles. The van der Waals surface area contributed by atoms with Crippen molar-refractivity contribution in [2.75, 3.05) is 11.4 Å². The topological polar surface area (TPSA) is 72.6 Å². The van der Waals surface area contributed by atoms with E-state index in [-0.39, 0.29) is 17.9 Å². The van der Waals surface area contributed by atoms with Gasteiger partial charge in [0.2, 0.25) is 11.8 Å². The lowest BCUT2D eigenvalue weighted by atomic mass is 9.94. The molecule has 2 aromatic rings. The van der Waals surface area contributed by atoms with Crippen LogP contribution < -0.4 is 4.90 Å². The average molecular weight is 368 g/mol. The molecule has 0 radical (unpaired) electrons. The van der Waals surface area contributed by atoms with Gasteiger partial charge in [-0.15, -0.1) is 0 Å². The van der Waals surface area contributed by atoms with E-state index in [1.807, 2.05) is 45.0 Å². The van der Waals surface area contributed by atoms with Crippen molar-refractivity contribution < 1.29 is 18.7 Å². The summed E-state index contributed by atoms with van der Waals surface area (Å²) in [4.78, 5) is 29.5. The third-order valence-corrected chi connectivity index (χ3v) is 4.32. The molecule has 6 heteroatoms. The fourth-order valence-electron chi connectivity index (χ4n) is 2.76. The van der Waals surface area contributed by atoms with E-state index in [0.29, 0.717) is 12.3 Å². The molecule has 1 aromatic carbocycles. The van der Waals surface area contributed by atoms with Gasteiger partial charge in [0.25, 0.3) is 0 Å². The zero-order valence-electron chi connectivity index (χ0n) is 15.9. The van der Waals surface area contributed by atoms with Gasteiger partial charge in [-0.3, -0.25) is 4.79 Å². The Balaban J connectivity index is 1.52. The molecule has 0 saturated carbocycles. The lowest BCUT2D eigenvalue weighted by Crippen LogP contribution is -2.23. The Morgan fingerprint density at radius 1 is 1.30 bits per heavy atom. The zero-order valence-corrected chi connectivity index (χ0v) is 15.9. The number of carbonyl (C=O) groups is 2. The highest BCUT2D eigenvalue weighted by molar-refractivity contribution is 5.95. The molecule has 1 fully saturated rings. The average Bonchev–Trinajstić information content (AvgIpc) is 3.27. The van der Waals surface area contributed by atoms with Crippen molar-refractivity contribution in [3.05, 3.63) is 53.8 Å². The largest absolute Gasteiger partial charge is 0.453 e. The Labute approximate surface area is 158 Å². The molecule has 1 aliphatic rings. The summed E-state index contributed by atoms with van der Waals surface area (Å²) in [7, 11) is 0. The van der Waals surface area contributed by atoms with Crippen LogP contribution in [0.1, 0.15) is 50.8 Å². The number of amides is 1. The molecular formula is C21H24N2O4. The van der Waals surface area contributed by atoms with Crippen LogP contribution in [-0.4, -0.2) is 23.4 Å². The zero-order chi connectivity index (χ0) is 19.4. The summed E-state index contributed by atoms with van der Waals surface area (Å²) in [5.41, 5.74) is 1.60. The number of aromatic nitrogens is 1. The van der Waals surface area contributed by atoms with Gasteiger partial charge < -0.3 is 14.1 Å². The van der Waals surface area contributed by atoms with Crippen LogP contribution in [0.25, 0.3) is 6.08 Å². The van der Waals surface area contributed by atoms with Crippen LogP contribution in [0.3, 0.4) is 0 Å². The van der Waals surface area contributed by atoms with Crippen molar-refractivity contribution in [1.82, 2.24) is 4.98 Å². The Morgan fingerprint density at radius 3 is 2.63 bits per heavy atom. The molecule has 1 aromatic heterocycles. The minimum Gasteiger partial charge on any atom is -0.453 e. The smallest absolute Gasteiger partial charge is 0.331 e. The second kappa shape index (κ2) is 7.78. The van der Waals surface area contributed by atoms with Crippen molar-refractivity contribution >= 4 is 23.6 Å². The van der Waals surface area contributed by atoms with E-state index >= 15 is 0 Å². The minimum atomic E-state index is -0.468. The minimum absolute atomic E-state index is 0.00470. The molecule has 142 valence electrons. The summed E-state index contributed by atoms with van der Waals surface area (Å²) in [5, 5.41) is 0. The van der Waals surface area contributed by atoms with Crippen LogP contribution in [0.4, 0.5) is 5.69 Å². The van der Waals surface area contributed by atoms with Gasteiger partial charge in [0.05, 0.1) is 6.20 Å². The first-order valence-electron chi connectivity index (χ1n) is 9.03. The number of nitrogens with zero attached hydrogens (tertiary/aromatic N) is 2. The number of benzene rings is 1. The molecule has 0 aliphatic carbocycles. The summed E-state index contributed by atoms with van der Waals surface area (Å²) in [5.74, 6) is 0.814. The van der Waals surface area contributed by atoms with E-state index < -0.39 is 5.97 Å². The van der Waals surface area contributed by atoms with Gasteiger partial charge in [-0.25, -0.2) is 9.78 Å². The van der Waals surface area contributed by atoms with Crippen LogP contribution in [-0.2, 0) is 26.3 Å². The fourth-order valence-corrected chi connectivity index (χ4v) is 2.76. The number of esters is 1. The van der Waals surface area contributed by atoms with E-state index in [9.17, 15) is 9.59 Å². The second-order valence-electron chi connectivity index (χ2n) is 7.55. The van der Waals surface area contributed by atoms with Gasteiger partial charge in [0, 0.05) is 30.1 Å². The van der Waals surface area contributed by atoms with Gasteiger partial charge in [-0.05, 0) is 30.2 Å². The maximum absolute atomic E-state index is 11.9. The quantitative estimate of drug-likeness (QED) is 0.592. The van der Waals surface area contributed by atoms with E-state index in [1.54, 1.807) is 17.2 Å². The van der Waals surface area contributed by atoms with Crippen LogP contribution in [0, 0.1) is 0 Å². The van der Waals surface area contributed by atoms with Crippen molar-refractivity contribution in [3.63, 3.8) is 0 Å². The number of rotatable bonds is 5. The van der Waals surface area contributed by atoms with Crippen molar-refractivity contribution in [1.29, 1.82) is 0 Å². The molecular weight excluding hydrogens is 344 g/mol. The number of hydrogen-bond donors (Lipinski definition) is 0. The fraction of sp³-hybridized carbons (Fsp3) is 0.381. The third kappa shape index (κ3) is 4.84. The number of anilines is 1. The van der Waals surface area contributed by atoms with Crippen molar-refractivity contribution in [2.24, 2.45) is 0 Å². The standard InChI is InChI=1S/C21H24N2O4/c1-21(2,3)17-13-22-18(27-17)14-26-20(25)11-8-15-6-9-16(10-7-15)23-12-4-5-19(23)24/h6-11,13H,4-5,12,14H2,1-3H3. The van der Waals surface area contributed by atoms with Gasteiger partial charge in [-0.1, -0.05) is 32.9 Å². The van der Waals surface area contributed by atoms with Gasteiger partial charge in [-0.2, -0.15) is 0 Å². The summed E-state index contributed by atoms with van der Waals surface area (Å²) in [6.07, 6.45) is 6.20. The highest BCUT2D eigenvalue weighted by atomic mass is 16.5. The Morgan fingerprint density at radius 2 is 2.04 bits per heavy atom. The molecule has 0 atom stereocenters. The maximum atomic E-state index is 11.9. The molecule has 6 nitrogen and oxygen atoms in total. The van der Waals surface area contributed by atoms with Crippen LogP contribution in [0.2, 0.25) is 0 Å². The van der Waals surface area contributed by atoms with E-state index in [1.165, 1.54) is 6.08 Å². The predicted molar refractivity (Wildman–Crippen MR) is 102 cm³/mol. The first-order chi connectivity index (χ1) is 12.8. The number of ether oxygens (including phenoxy) is 1. The number of hydrogen-bond acceptors (Lipinski definition) is 5. The van der Waals surface area contributed by atoms with Crippen LogP contribution in [0.15, 0.2) is 41.0 Å². The summed E-state index contributed by atoms with van der Waals surface area (Å²) in [6.45, 7) is 6.83. The molecule has 1 amide bonds. The third-order valence-electron chi connectivity index (χ3n) is 4.32. The molecule has 0 bridgehead atoms. The first kappa shape index (κ1) is 18.9. The molecule has 0 unspecified atom stereocenters. The van der Waals surface area contributed by atoms with E-state index in [0.717, 1.165) is 30.0 Å². The Hall–Kier alpha value is -2.89. The van der Waals surface area contributed by atoms with E-state index in [2.05, 4.69) is 4.98 Å². The Bertz CT molecular complexity index is 844. The SMILES string of the molecule is CC(C)(C)c1cnc(COC(=O)C=Cc2ccc(N3CCCC3=O)cc2)o1. The van der Waals surface area contributed by atoms with Crippen LogP contribution >= 0.6 is 0 Å². The Kier molecular flexibility index (Phi) is 5.44. The summed E-state index contributed by atoms with van der Waals surface area (Å²) in [6, 6.07) is 7.51. The summed E-state index contributed by atoms with van der Waals surface area (Å²) < 4.78 is 10.7. The molecule has 1 saturated heterocycles. The molecule has 3 rings (SSSR count). The highest BCUT2D eigenvalue weighted by Gasteiger charge is 2.21. The maximum Gasteiger partial charge on any atom is 0.331 e. The second-order valence-corrected chi connectivity index (χ2v) is 7.55. The normalized spacial score (nSPS) is 14.9. The molecule has 2 heterocycles. The van der Waals surface area contributed by atoms with Gasteiger partial charge >= 0.3 is 5.97 Å². The number of carbonyl (C=O) groups excluding carboxylic acids is 2. The molecule has 0 spiro atoms. The summed E-state index contributed by atoms with van der Waals surface area (Å²) >= 11 is 0. The highest BCUT2D eigenvalue weighted by Crippen LogP contribution is 2.23. The lowest BCUT2D eigenvalue weighted by Gasteiger charge is -2.15.